The van der Waals surface area contributed by atoms with Crippen LogP contribution in [0.2, 0.25) is 0 Å². The van der Waals surface area contributed by atoms with Gasteiger partial charge in [-0.15, -0.1) is 0 Å². The Kier molecular flexibility index (Phi) is 10.2. The Morgan fingerprint density at radius 1 is 1.12 bits per heavy atom. The van der Waals surface area contributed by atoms with Gasteiger partial charge in [0, 0.05) is 37.3 Å². The number of alkyl halides is 3. The van der Waals surface area contributed by atoms with Crippen LogP contribution < -0.4 is 33.3 Å². The summed E-state index contributed by atoms with van der Waals surface area (Å²) in [5.74, 6) is -1.15. The van der Waals surface area contributed by atoms with Crippen molar-refractivity contribution >= 4 is 30.1 Å². The first-order valence-electron chi connectivity index (χ1n) is 14.4. The van der Waals surface area contributed by atoms with Crippen LogP contribution in [-0.2, 0) is 32.4 Å². The molecular formula is C29H40BF3N6O4. The third-order valence-electron chi connectivity index (χ3n) is 7.91. The number of amides is 2. The fraction of sp³-hybridized carbons (Fsp3) is 0.517. The molecule has 10 nitrogen and oxygen atoms in total. The van der Waals surface area contributed by atoms with E-state index in [1.165, 1.54) is 12.1 Å². The van der Waals surface area contributed by atoms with E-state index in [1.54, 1.807) is 18.2 Å². The summed E-state index contributed by atoms with van der Waals surface area (Å²) in [6.45, 7) is 5.73. The molecule has 0 radical (unpaired) electrons. The predicted octanol–water partition coefficient (Wildman–Crippen LogP) is 0.792. The molecule has 0 bridgehead atoms. The van der Waals surface area contributed by atoms with Gasteiger partial charge in [0.2, 0.25) is 11.8 Å². The number of hydrogen-bond acceptors (Lipinski definition) is 8. The SMILES string of the molecule is CC1(C)OB(O)c2cc(NC(=O)C(Cc3ccc(C(F)(F)F)cc3)NC(=O)C(N)CCCN3CC(N)CC(N)C3)ccc21. The van der Waals surface area contributed by atoms with Gasteiger partial charge in [0.05, 0.1) is 17.2 Å². The molecule has 1 fully saturated rings. The molecule has 9 N–H and O–H groups in total. The van der Waals surface area contributed by atoms with Crippen molar-refractivity contribution in [1.82, 2.24) is 10.2 Å². The van der Waals surface area contributed by atoms with Crippen LogP contribution in [0, 0.1) is 0 Å². The molecule has 2 aliphatic rings. The van der Waals surface area contributed by atoms with Crippen molar-refractivity contribution in [2.75, 3.05) is 25.0 Å². The zero-order chi connectivity index (χ0) is 31.5. The van der Waals surface area contributed by atoms with Gasteiger partial charge >= 0.3 is 13.3 Å². The number of carbonyl (C=O) groups is 2. The van der Waals surface area contributed by atoms with Gasteiger partial charge in [0.15, 0.2) is 0 Å². The number of likely N-dealkylation sites (tertiary alicyclic amines) is 1. The standard InChI is InChI=1S/C29H40BF3N6O4/c1-28(2)22-10-9-21(14-23(22)30(42)43-28)37-27(41)25(12-17-5-7-18(8-6-17)29(31,32)33)38-26(40)24(36)4-3-11-39-15-19(34)13-20(35)16-39/h5-10,14,19-20,24-25,42H,3-4,11-13,15-16,34-36H2,1-2H3,(H,37,41)(H,38,40). The molecule has 14 heteroatoms. The number of anilines is 1. The van der Waals surface area contributed by atoms with Gasteiger partial charge in [-0.25, -0.2) is 0 Å². The van der Waals surface area contributed by atoms with Crippen LogP contribution in [0.5, 0.6) is 0 Å². The lowest BCUT2D eigenvalue weighted by molar-refractivity contribution is -0.137. The molecule has 4 atom stereocenters. The number of nitrogens with two attached hydrogens (primary N) is 3. The zero-order valence-electron chi connectivity index (χ0n) is 24.4. The number of piperidine rings is 1. The van der Waals surface area contributed by atoms with Crippen molar-refractivity contribution in [3.8, 4) is 0 Å². The highest BCUT2D eigenvalue weighted by atomic mass is 19.4. The monoisotopic (exact) mass is 604 g/mol. The third-order valence-corrected chi connectivity index (χ3v) is 7.91. The lowest BCUT2D eigenvalue weighted by atomic mass is 9.78. The summed E-state index contributed by atoms with van der Waals surface area (Å²) in [4.78, 5) is 28.6. The van der Waals surface area contributed by atoms with E-state index in [0.29, 0.717) is 49.2 Å². The molecule has 1 saturated heterocycles. The van der Waals surface area contributed by atoms with Gasteiger partial charge in [0.25, 0.3) is 0 Å². The Labute approximate surface area is 249 Å². The van der Waals surface area contributed by atoms with Crippen molar-refractivity contribution in [1.29, 1.82) is 0 Å². The van der Waals surface area contributed by atoms with Gasteiger partial charge in [-0.3, -0.25) is 9.59 Å². The zero-order valence-corrected chi connectivity index (χ0v) is 24.4. The molecule has 2 aliphatic heterocycles. The van der Waals surface area contributed by atoms with Crippen molar-refractivity contribution in [3.63, 3.8) is 0 Å². The molecule has 2 amide bonds. The molecule has 4 unspecified atom stereocenters. The largest absolute Gasteiger partial charge is 0.492 e. The molecule has 2 heterocycles. The summed E-state index contributed by atoms with van der Waals surface area (Å²) in [5.41, 5.74) is 18.8. The minimum Gasteiger partial charge on any atom is -0.423 e. The Bertz CT molecular complexity index is 1290. The fourth-order valence-electron chi connectivity index (χ4n) is 5.71. The number of nitrogens with one attached hydrogen (secondary N) is 2. The predicted molar refractivity (Wildman–Crippen MR) is 158 cm³/mol. The molecule has 0 saturated carbocycles. The molecule has 0 aliphatic carbocycles. The first-order valence-corrected chi connectivity index (χ1v) is 14.4. The third kappa shape index (κ3) is 8.55. The second kappa shape index (κ2) is 13.3. The summed E-state index contributed by atoms with van der Waals surface area (Å²) in [6, 6.07) is 7.33. The van der Waals surface area contributed by atoms with Crippen molar-refractivity contribution in [2.45, 2.75) is 75.5 Å². The normalized spacial score (nSPS) is 21.7. The van der Waals surface area contributed by atoms with E-state index < -0.39 is 48.4 Å². The summed E-state index contributed by atoms with van der Waals surface area (Å²) in [6.07, 6.45) is -2.86. The second-order valence-electron chi connectivity index (χ2n) is 12.0. The average molecular weight is 604 g/mol. The topological polar surface area (TPSA) is 169 Å². The lowest BCUT2D eigenvalue weighted by Gasteiger charge is -2.34. The van der Waals surface area contributed by atoms with E-state index in [0.717, 1.165) is 24.1 Å². The first-order chi connectivity index (χ1) is 20.1. The average Bonchev–Trinajstić information content (AvgIpc) is 3.14. The summed E-state index contributed by atoms with van der Waals surface area (Å²) >= 11 is 0. The van der Waals surface area contributed by atoms with Crippen molar-refractivity contribution in [2.24, 2.45) is 17.2 Å². The molecular weight excluding hydrogens is 564 g/mol. The summed E-state index contributed by atoms with van der Waals surface area (Å²) in [5, 5.41) is 15.7. The van der Waals surface area contributed by atoms with E-state index in [4.69, 9.17) is 21.9 Å². The van der Waals surface area contributed by atoms with Crippen LogP contribution in [0.15, 0.2) is 42.5 Å². The number of fused-ring (bicyclic) bond motifs is 1. The highest BCUT2D eigenvalue weighted by molar-refractivity contribution is 6.62. The number of rotatable bonds is 10. The van der Waals surface area contributed by atoms with E-state index in [1.807, 2.05) is 13.8 Å². The van der Waals surface area contributed by atoms with Gasteiger partial charge in [-0.1, -0.05) is 18.2 Å². The Morgan fingerprint density at radius 2 is 1.77 bits per heavy atom. The second-order valence-corrected chi connectivity index (χ2v) is 12.0. The Balaban J connectivity index is 1.43. The Morgan fingerprint density at radius 3 is 2.40 bits per heavy atom. The van der Waals surface area contributed by atoms with Crippen LogP contribution in [0.4, 0.5) is 18.9 Å². The minimum absolute atomic E-state index is 0.00172. The highest BCUT2D eigenvalue weighted by Gasteiger charge is 2.40. The number of carbonyl (C=O) groups excluding carboxylic acids is 2. The van der Waals surface area contributed by atoms with Crippen LogP contribution in [0.25, 0.3) is 0 Å². The smallest absolute Gasteiger partial charge is 0.423 e. The molecule has 4 rings (SSSR count). The van der Waals surface area contributed by atoms with E-state index in [2.05, 4.69) is 15.5 Å². The van der Waals surface area contributed by atoms with Gasteiger partial charge < -0.3 is 42.4 Å². The molecule has 0 spiro atoms. The van der Waals surface area contributed by atoms with E-state index in [9.17, 15) is 27.8 Å². The molecule has 43 heavy (non-hydrogen) atoms. The van der Waals surface area contributed by atoms with Crippen LogP contribution in [0.1, 0.15) is 49.8 Å². The van der Waals surface area contributed by atoms with Crippen molar-refractivity contribution < 1.29 is 32.4 Å². The van der Waals surface area contributed by atoms with Gasteiger partial charge in [-0.2, -0.15) is 13.2 Å². The molecule has 234 valence electrons. The van der Waals surface area contributed by atoms with E-state index >= 15 is 0 Å². The van der Waals surface area contributed by atoms with E-state index in [-0.39, 0.29) is 18.5 Å². The summed E-state index contributed by atoms with van der Waals surface area (Å²) < 4.78 is 44.8. The number of benzene rings is 2. The molecule has 2 aromatic rings. The van der Waals surface area contributed by atoms with Gasteiger partial charge in [0.1, 0.15) is 6.04 Å². The molecule has 2 aromatic carbocycles. The van der Waals surface area contributed by atoms with Crippen LogP contribution in [-0.4, -0.2) is 72.7 Å². The highest BCUT2D eigenvalue weighted by Crippen LogP contribution is 2.31. The minimum atomic E-state index is -4.50. The maximum absolute atomic E-state index is 13.4. The quantitative estimate of drug-likeness (QED) is 0.217. The van der Waals surface area contributed by atoms with Crippen LogP contribution >= 0.6 is 0 Å². The van der Waals surface area contributed by atoms with Crippen molar-refractivity contribution in [3.05, 3.63) is 59.2 Å². The summed E-state index contributed by atoms with van der Waals surface area (Å²) in [7, 11) is -1.17. The molecule has 0 aromatic heterocycles. The van der Waals surface area contributed by atoms with Gasteiger partial charge in [-0.05, 0) is 80.5 Å². The lowest BCUT2D eigenvalue weighted by Crippen LogP contribution is -2.53. The van der Waals surface area contributed by atoms with Crippen LogP contribution in [0.3, 0.4) is 0 Å². The Hall–Kier alpha value is -3.01. The fourth-order valence-corrected chi connectivity index (χ4v) is 5.71. The number of halogens is 3. The maximum Gasteiger partial charge on any atom is 0.492 e. The number of nitrogens with zero attached hydrogens (tertiary/aromatic N) is 1. The maximum atomic E-state index is 13.4. The number of hydrogen-bond donors (Lipinski definition) is 6. The first kappa shape index (κ1) is 32.9.